The Kier molecular flexibility index (Phi) is 4.31. The molecular formula is C13H22N4. The van der Waals surface area contributed by atoms with Crippen LogP contribution in [0.5, 0.6) is 0 Å². The molecule has 1 fully saturated rings. The molecule has 0 radical (unpaired) electrons. The van der Waals surface area contributed by atoms with Crippen LogP contribution < -0.4 is 10.6 Å². The Morgan fingerprint density at radius 2 is 2.18 bits per heavy atom. The molecule has 1 aliphatic carbocycles. The fourth-order valence-electron chi connectivity index (χ4n) is 2.55. The van der Waals surface area contributed by atoms with E-state index in [0.717, 1.165) is 25.3 Å². The molecule has 1 aromatic heterocycles. The molecule has 1 aliphatic rings. The van der Waals surface area contributed by atoms with Gasteiger partial charge in [0, 0.05) is 12.6 Å². The summed E-state index contributed by atoms with van der Waals surface area (Å²) in [6.07, 6.45) is 8.05. The predicted octanol–water partition coefficient (Wildman–Crippen LogP) is 1.88. The van der Waals surface area contributed by atoms with Crippen molar-refractivity contribution < 1.29 is 0 Å². The van der Waals surface area contributed by atoms with Crippen molar-refractivity contribution in [3.63, 3.8) is 0 Å². The van der Waals surface area contributed by atoms with Gasteiger partial charge in [0.25, 0.3) is 0 Å². The van der Waals surface area contributed by atoms with Gasteiger partial charge >= 0.3 is 0 Å². The van der Waals surface area contributed by atoms with Crippen LogP contribution in [0.3, 0.4) is 0 Å². The average molecular weight is 234 g/mol. The third-order valence-corrected chi connectivity index (χ3v) is 3.44. The maximum absolute atomic E-state index is 5.62. The normalized spacial score (nSPS) is 16.4. The molecule has 0 unspecified atom stereocenters. The predicted molar refractivity (Wildman–Crippen MR) is 70.0 cm³/mol. The minimum Gasteiger partial charge on any atom is -0.352 e. The van der Waals surface area contributed by atoms with Gasteiger partial charge in [-0.1, -0.05) is 12.8 Å². The zero-order chi connectivity index (χ0) is 12.1. The Morgan fingerprint density at radius 1 is 1.41 bits per heavy atom. The van der Waals surface area contributed by atoms with E-state index in [1.54, 1.807) is 6.20 Å². The molecule has 0 aromatic carbocycles. The number of aryl methyl sites for hydroxylation is 1. The Labute approximate surface area is 103 Å². The summed E-state index contributed by atoms with van der Waals surface area (Å²) < 4.78 is 0. The molecule has 1 aromatic rings. The summed E-state index contributed by atoms with van der Waals surface area (Å²) in [4.78, 5) is 2.40. The summed E-state index contributed by atoms with van der Waals surface area (Å²) >= 11 is 0. The molecule has 4 heteroatoms. The van der Waals surface area contributed by atoms with E-state index in [4.69, 9.17) is 5.73 Å². The van der Waals surface area contributed by atoms with Gasteiger partial charge in [-0.05, 0) is 44.4 Å². The smallest absolute Gasteiger partial charge is 0.151 e. The van der Waals surface area contributed by atoms with Gasteiger partial charge in [-0.3, -0.25) is 0 Å². The van der Waals surface area contributed by atoms with Crippen LogP contribution in [-0.2, 0) is 0 Å². The van der Waals surface area contributed by atoms with E-state index in [0.29, 0.717) is 6.04 Å². The van der Waals surface area contributed by atoms with Gasteiger partial charge in [0.2, 0.25) is 0 Å². The molecule has 0 atom stereocenters. The fourth-order valence-corrected chi connectivity index (χ4v) is 2.55. The van der Waals surface area contributed by atoms with E-state index < -0.39 is 0 Å². The zero-order valence-electron chi connectivity index (χ0n) is 10.6. The van der Waals surface area contributed by atoms with Gasteiger partial charge in [-0.15, -0.1) is 5.10 Å². The highest BCUT2D eigenvalue weighted by Gasteiger charge is 2.23. The summed E-state index contributed by atoms with van der Waals surface area (Å²) in [5.74, 6) is 1.02. The molecule has 1 saturated carbocycles. The molecule has 94 valence electrons. The van der Waals surface area contributed by atoms with Gasteiger partial charge in [0.05, 0.1) is 6.20 Å². The molecule has 2 N–H and O–H groups in total. The van der Waals surface area contributed by atoms with E-state index >= 15 is 0 Å². The van der Waals surface area contributed by atoms with Crippen LogP contribution in [-0.4, -0.2) is 29.3 Å². The van der Waals surface area contributed by atoms with Crippen LogP contribution in [0.1, 0.15) is 37.7 Å². The monoisotopic (exact) mass is 234 g/mol. The molecular weight excluding hydrogens is 212 g/mol. The molecule has 4 nitrogen and oxygen atoms in total. The molecule has 0 spiro atoms. The largest absolute Gasteiger partial charge is 0.352 e. The van der Waals surface area contributed by atoms with Crippen LogP contribution in [0.4, 0.5) is 5.82 Å². The first-order chi connectivity index (χ1) is 8.31. The van der Waals surface area contributed by atoms with Crippen LogP contribution in [0, 0.1) is 6.92 Å². The molecule has 1 heterocycles. The number of aromatic nitrogens is 2. The third kappa shape index (κ3) is 3.16. The summed E-state index contributed by atoms with van der Waals surface area (Å²) in [6.45, 7) is 3.80. The number of nitrogens with two attached hydrogens (primary N) is 1. The number of hydrogen-bond acceptors (Lipinski definition) is 4. The third-order valence-electron chi connectivity index (χ3n) is 3.44. The maximum Gasteiger partial charge on any atom is 0.151 e. The lowest BCUT2D eigenvalue weighted by Crippen LogP contribution is -2.35. The lowest BCUT2D eigenvalue weighted by atomic mass is 10.2. The average Bonchev–Trinajstić information content (AvgIpc) is 2.83. The van der Waals surface area contributed by atoms with E-state index in [2.05, 4.69) is 28.1 Å². The topological polar surface area (TPSA) is 55.0 Å². The zero-order valence-corrected chi connectivity index (χ0v) is 10.6. The van der Waals surface area contributed by atoms with Crippen molar-refractivity contribution in [2.75, 3.05) is 18.0 Å². The molecule has 0 saturated heterocycles. The van der Waals surface area contributed by atoms with Crippen molar-refractivity contribution >= 4 is 5.82 Å². The second kappa shape index (κ2) is 5.96. The lowest BCUT2D eigenvalue weighted by Gasteiger charge is -2.29. The Hall–Kier alpha value is -1.16. The summed E-state index contributed by atoms with van der Waals surface area (Å²) in [5.41, 5.74) is 6.79. The highest BCUT2D eigenvalue weighted by atomic mass is 15.3. The van der Waals surface area contributed by atoms with E-state index in [9.17, 15) is 0 Å². The van der Waals surface area contributed by atoms with Gasteiger partial charge in [0.15, 0.2) is 5.82 Å². The minimum atomic E-state index is 0.637. The van der Waals surface area contributed by atoms with Gasteiger partial charge in [-0.25, -0.2) is 0 Å². The Bertz CT molecular complexity index is 347. The fraction of sp³-hybridized carbons (Fsp3) is 0.692. The van der Waals surface area contributed by atoms with Crippen molar-refractivity contribution in [1.29, 1.82) is 0 Å². The van der Waals surface area contributed by atoms with Gasteiger partial charge in [0.1, 0.15) is 0 Å². The second-order valence-electron chi connectivity index (χ2n) is 4.87. The standard InChI is InChI=1S/C13H22N4/c1-11-9-13(16-15-10-11)17(8-4-7-14)12-5-2-3-6-12/h9-10,12H,2-8,14H2,1H3. The van der Waals surface area contributed by atoms with Crippen molar-refractivity contribution in [2.24, 2.45) is 5.73 Å². The number of anilines is 1. The highest BCUT2D eigenvalue weighted by molar-refractivity contribution is 5.40. The number of rotatable bonds is 5. The SMILES string of the molecule is Cc1cnnc(N(CCCN)C2CCCC2)c1. The Morgan fingerprint density at radius 3 is 2.82 bits per heavy atom. The van der Waals surface area contributed by atoms with E-state index in [1.165, 1.54) is 31.2 Å². The first kappa shape index (κ1) is 12.3. The number of nitrogens with zero attached hydrogens (tertiary/aromatic N) is 3. The number of hydrogen-bond donors (Lipinski definition) is 1. The van der Waals surface area contributed by atoms with E-state index in [-0.39, 0.29) is 0 Å². The Balaban J connectivity index is 2.13. The molecule has 17 heavy (non-hydrogen) atoms. The second-order valence-corrected chi connectivity index (χ2v) is 4.87. The summed E-state index contributed by atoms with van der Waals surface area (Å²) in [6, 6.07) is 2.76. The van der Waals surface area contributed by atoms with Gasteiger partial charge in [-0.2, -0.15) is 5.10 Å². The molecule has 2 rings (SSSR count). The van der Waals surface area contributed by atoms with Crippen LogP contribution in [0.15, 0.2) is 12.3 Å². The summed E-state index contributed by atoms with van der Waals surface area (Å²) in [7, 11) is 0. The first-order valence-electron chi connectivity index (χ1n) is 6.57. The van der Waals surface area contributed by atoms with Crippen molar-refractivity contribution in [1.82, 2.24) is 10.2 Å². The van der Waals surface area contributed by atoms with Crippen molar-refractivity contribution in [3.05, 3.63) is 17.8 Å². The van der Waals surface area contributed by atoms with Crippen molar-refractivity contribution in [2.45, 2.75) is 45.1 Å². The molecule has 0 bridgehead atoms. The van der Waals surface area contributed by atoms with Crippen LogP contribution in [0.25, 0.3) is 0 Å². The summed E-state index contributed by atoms with van der Waals surface area (Å²) in [5, 5.41) is 8.33. The van der Waals surface area contributed by atoms with E-state index in [1.807, 2.05) is 0 Å². The maximum atomic E-state index is 5.62. The first-order valence-corrected chi connectivity index (χ1v) is 6.57. The van der Waals surface area contributed by atoms with Gasteiger partial charge < -0.3 is 10.6 Å². The molecule has 0 aliphatic heterocycles. The highest BCUT2D eigenvalue weighted by Crippen LogP contribution is 2.27. The van der Waals surface area contributed by atoms with Crippen LogP contribution >= 0.6 is 0 Å². The quantitative estimate of drug-likeness (QED) is 0.845. The van der Waals surface area contributed by atoms with Crippen molar-refractivity contribution in [3.8, 4) is 0 Å². The van der Waals surface area contributed by atoms with Crippen LogP contribution in [0.2, 0.25) is 0 Å². The lowest BCUT2D eigenvalue weighted by molar-refractivity contribution is 0.583. The molecule has 0 amide bonds. The minimum absolute atomic E-state index is 0.637.